The number of aliphatic hydroxyl groups is 1. The number of thiophene rings is 1. The Morgan fingerprint density at radius 3 is 2.85 bits per heavy atom. The Balaban J connectivity index is 2.04. The molecule has 1 saturated carbocycles. The molecule has 1 atom stereocenters. The molecular formula is C17H25NOS. The second-order valence-corrected chi connectivity index (χ2v) is 6.63. The lowest BCUT2D eigenvalue weighted by atomic mass is 10.1. The van der Waals surface area contributed by atoms with Gasteiger partial charge in [0.25, 0.3) is 0 Å². The SMILES string of the molecule is CC[C@H](C)N(Cc1cc(C#CCO)cs1)C1CCCC1. The summed E-state index contributed by atoms with van der Waals surface area (Å²) in [6.07, 6.45) is 6.68. The maximum atomic E-state index is 8.75. The van der Waals surface area contributed by atoms with Crippen LogP contribution in [0.3, 0.4) is 0 Å². The molecule has 1 heterocycles. The zero-order valence-corrected chi connectivity index (χ0v) is 13.4. The van der Waals surface area contributed by atoms with Gasteiger partial charge in [-0.05, 0) is 32.3 Å². The van der Waals surface area contributed by atoms with Crippen molar-refractivity contribution in [2.75, 3.05) is 6.61 Å². The summed E-state index contributed by atoms with van der Waals surface area (Å²) in [4.78, 5) is 4.07. The standard InChI is InChI=1S/C17H25NOS/c1-3-14(2)18(16-8-4-5-9-16)12-17-11-15(13-20-17)7-6-10-19/h11,13-14,16,19H,3-5,8-10,12H2,1-2H3/t14-/m0/s1. The minimum atomic E-state index is -0.0632. The van der Waals surface area contributed by atoms with E-state index in [1.807, 2.05) is 0 Å². The summed E-state index contributed by atoms with van der Waals surface area (Å²) in [5.74, 6) is 5.71. The first-order valence-corrected chi connectivity index (χ1v) is 8.55. The number of hydrogen-bond donors (Lipinski definition) is 1. The molecule has 110 valence electrons. The summed E-state index contributed by atoms with van der Waals surface area (Å²) >= 11 is 1.79. The van der Waals surface area contributed by atoms with Crippen molar-refractivity contribution in [1.29, 1.82) is 0 Å². The van der Waals surface area contributed by atoms with Gasteiger partial charge >= 0.3 is 0 Å². The molecule has 0 aromatic carbocycles. The van der Waals surface area contributed by atoms with Crippen LogP contribution in [0.25, 0.3) is 0 Å². The zero-order valence-electron chi connectivity index (χ0n) is 12.6. The van der Waals surface area contributed by atoms with Crippen molar-refractivity contribution in [3.8, 4) is 11.8 Å². The van der Waals surface area contributed by atoms with Crippen LogP contribution in [0.2, 0.25) is 0 Å². The Morgan fingerprint density at radius 2 is 2.20 bits per heavy atom. The predicted octanol–water partition coefficient (Wildman–Crippen LogP) is 3.64. The third-order valence-electron chi connectivity index (χ3n) is 4.25. The topological polar surface area (TPSA) is 23.5 Å². The summed E-state index contributed by atoms with van der Waals surface area (Å²) in [6, 6.07) is 3.59. The molecule has 1 aliphatic rings. The van der Waals surface area contributed by atoms with Crippen molar-refractivity contribution >= 4 is 11.3 Å². The minimum absolute atomic E-state index is 0.0632. The van der Waals surface area contributed by atoms with E-state index in [2.05, 4.69) is 42.0 Å². The quantitative estimate of drug-likeness (QED) is 0.837. The second-order valence-electron chi connectivity index (χ2n) is 5.63. The van der Waals surface area contributed by atoms with Gasteiger partial charge in [-0.1, -0.05) is 31.6 Å². The monoisotopic (exact) mass is 291 g/mol. The highest BCUT2D eigenvalue weighted by atomic mass is 32.1. The molecule has 1 aromatic heterocycles. The first-order valence-electron chi connectivity index (χ1n) is 7.67. The Hall–Kier alpha value is -0.820. The molecule has 1 fully saturated rings. The van der Waals surface area contributed by atoms with Gasteiger partial charge in [0.1, 0.15) is 6.61 Å². The van der Waals surface area contributed by atoms with Crippen LogP contribution in [0.1, 0.15) is 56.4 Å². The van der Waals surface area contributed by atoms with Crippen LogP contribution in [0.4, 0.5) is 0 Å². The van der Waals surface area contributed by atoms with Crippen LogP contribution < -0.4 is 0 Å². The lowest BCUT2D eigenvalue weighted by molar-refractivity contribution is 0.134. The Labute approximate surface area is 126 Å². The molecular weight excluding hydrogens is 266 g/mol. The molecule has 1 N–H and O–H groups in total. The van der Waals surface area contributed by atoms with Gasteiger partial charge in [-0.3, -0.25) is 4.90 Å². The highest BCUT2D eigenvalue weighted by Gasteiger charge is 2.26. The molecule has 0 radical (unpaired) electrons. The molecule has 0 aliphatic heterocycles. The molecule has 0 spiro atoms. The highest BCUT2D eigenvalue weighted by molar-refractivity contribution is 7.10. The van der Waals surface area contributed by atoms with Crippen LogP contribution in [0.15, 0.2) is 11.4 Å². The molecule has 0 bridgehead atoms. The fourth-order valence-electron chi connectivity index (χ4n) is 2.97. The Morgan fingerprint density at radius 1 is 1.45 bits per heavy atom. The molecule has 0 unspecified atom stereocenters. The van der Waals surface area contributed by atoms with Crippen molar-refractivity contribution in [1.82, 2.24) is 4.90 Å². The molecule has 0 amide bonds. The van der Waals surface area contributed by atoms with E-state index in [1.165, 1.54) is 37.0 Å². The fourth-order valence-corrected chi connectivity index (χ4v) is 3.79. The van der Waals surface area contributed by atoms with Gasteiger partial charge in [-0.25, -0.2) is 0 Å². The van der Waals surface area contributed by atoms with Crippen molar-refractivity contribution in [2.24, 2.45) is 0 Å². The molecule has 2 rings (SSSR count). The molecule has 0 saturated heterocycles. The van der Waals surface area contributed by atoms with Crippen LogP contribution in [0.5, 0.6) is 0 Å². The van der Waals surface area contributed by atoms with E-state index in [1.54, 1.807) is 11.3 Å². The molecule has 20 heavy (non-hydrogen) atoms. The summed E-state index contributed by atoms with van der Waals surface area (Å²) in [6.45, 7) is 5.61. The van der Waals surface area contributed by atoms with Gasteiger partial charge in [-0.2, -0.15) is 0 Å². The van der Waals surface area contributed by atoms with Gasteiger partial charge in [-0.15, -0.1) is 11.3 Å². The number of rotatable bonds is 5. The summed E-state index contributed by atoms with van der Waals surface area (Å²) < 4.78 is 0. The van der Waals surface area contributed by atoms with Crippen molar-refractivity contribution in [2.45, 2.75) is 64.6 Å². The van der Waals surface area contributed by atoms with Crippen LogP contribution >= 0.6 is 11.3 Å². The van der Waals surface area contributed by atoms with E-state index in [4.69, 9.17) is 5.11 Å². The van der Waals surface area contributed by atoms with E-state index >= 15 is 0 Å². The summed E-state index contributed by atoms with van der Waals surface area (Å²) in [5, 5.41) is 10.8. The Kier molecular flexibility index (Phi) is 6.09. The first-order chi connectivity index (χ1) is 9.74. The number of hydrogen-bond acceptors (Lipinski definition) is 3. The third-order valence-corrected chi connectivity index (χ3v) is 5.18. The fraction of sp³-hybridized carbons (Fsp3) is 0.647. The Bertz CT molecular complexity index is 465. The number of nitrogens with zero attached hydrogens (tertiary/aromatic N) is 1. The van der Waals surface area contributed by atoms with Crippen molar-refractivity contribution < 1.29 is 5.11 Å². The lowest BCUT2D eigenvalue weighted by Crippen LogP contribution is -2.39. The van der Waals surface area contributed by atoms with Crippen molar-refractivity contribution in [3.05, 3.63) is 21.9 Å². The maximum Gasteiger partial charge on any atom is 0.104 e. The van der Waals surface area contributed by atoms with Gasteiger partial charge in [0.05, 0.1) is 0 Å². The molecule has 2 nitrogen and oxygen atoms in total. The molecule has 1 aromatic rings. The van der Waals surface area contributed by atoms with Gasteiger partial charge in [0.2, 0.25) is 0 Å². The van der Waals surface area contributed by atoms with Crippen molar-refractivity contribution in [3.63, 3.8) is 0 Å². The lowest BCUT2D eigenvalue weighted by Gasteiger charge is -2.33. The third kappa shape index (κ3) is 4.09. The largest absolute Gasteiger partial charge is 0.384 e. The van der Waals surface area contributed by atoms with Crippen LogP contribution in [-0.2, 0) is 6.54 Å². The van der Waals surface area contributed by atoms with Crippen LogP contribution in [0, 0.1) is 11.8 Å². The maximum absolute atomic E-state index is 8.75. The highest BCUT2D eigenvalue weighted by Crippen LogP contribution is 2.28. The average Bonchev–Trinajstić information content (AvgIpc) is 3.13. The smallest absolute Gasteiger partial charge is 0.104 e. The van der Waals surface area contributed by atoms with E-state index in [0.717, 1.165) is 18.2 Å². The van der Waals surface area contributed by atoms with Crippen LogP contribution in [-0.4, -0.2) is 28.7 Å². The zero-order chi connectivity index (χ0) is 14.4. The van der Waals surface area contributed by atoms with Gasteiger partial charge in [0.15, 0.2) is 0 Å². The number of aliphatic hydroxyl groups excluding tert-OH is 1. The normalized spacial score (nSPS) is 17.2. The van der Waals surface area contributed by atoms with E-state index in [-0.39, 0.29) is 6.61 Å². The molecule has 3 heteroatoms. The first kappa shape index (κ1) is 15.6. The average molecular weight is 291 g/mol. The minimum Gasteiger partial charge on any atom is -0.384 e. The van der Waals surface area contributed by atoms with E-state index < -0.39 is 0 Å². The summed E-state index contributed by atoms with van der Waals surface area (Å²) in [7, 11) is 0. The summed E-state index contributed by atoms with van der Waals surface area (Å²) in [5.41, 5.74) is 1.04. The van der Waals surface area contributed by atoms with E-state index in [0.29, 0.717) is 6.04 Å². The second kappa shape index (κ2) is 7.83. The van der Waals surface area contributed by atoms with Gasteiger partial charge < -0.3 is 5.11 Å². The predicted molar refractivity (Wildman–Crippen MR) is 85.8 cm³/mol. The molecule has 1 aliphatic carbocycles. The van der Waals surface area contributed by atoms with Gasteiger partial charge in [0, 0.05) is 34.4 Å². The van der Waals surface area contributed by atoms with E-state index in [9.17, 15) is 0 Å².